The lowest BCUT2D eigenvalue weighted by Gasteiger charge is -2.23. The molecule has 27 heavy (non-hydrogen) atoms. The predicted molar refractivity (Wildman–Crippen MR) is 113 cm³/mol. The van der Waals surface area contributed by atoms with Crippen LogP contribution in [0.15, 0.2) is 10.2 Å². The van der Waals surface area contributed by atoms with Gasteiger partial charge in [-0.15, -0.1) is 0 Å². The Bertz CT molecular complexity index is 575. The van der Waals surface area contributed by atoms with E-state index in [0.29, 0.717) is 32.0 Å². The zero-order valence-corrected chi connectivity index (χ0v) is 19.5. The van der Waals surface area contributed by atoms with E-state index < -0.39 is 10.1 Å². The summed E-state index contributed by atoms with van der Waals surface area (Å²) >= 11 is 2.19. The number of ether oxygens (including phenoxy) is 3. The Morgan fingerprint density at radius 1 is 1.26 bits per heavy atom. The summed E-state index contributed by atoms with van der Waals surface area (Å²) in [4.78, 5) is 0. The molecule has 0 amide bonds. The molecular formula is C19H33IO6S. The van der Waals surface area contributed by atoms with Crippen LogP contribution in [0.2, 0.25) is 0 Å². The van der Waals surface area contributed by atoms with Crippen LogP contribution in [0.25, 0.3) is 0 Å². The highest BCUT2D eigenvalue weighted by Gasteiger charge is 2.33. The van der Waals surface area contributed by atoms with Crippen molar-refractivity contribution in [3.63, 3.8) is 0 Å². The topological polar surface area (TPSA) is 71.1 Å². The maximum atomic E-state index is 11.6. The van der Waals surface area contributed by atoms with Crippen LogP contribution < -0.4 is 0 Å². The number of allylic oxidation sites excluding steroid dienone is 1. The Morgan fingerprint density at radius 2 is 1.93 bits per heavy atom. The van der Waals surface area contributed by atoms with Crippen LogP contribution in [0.3, 0.4) is 0 Å². The van der Waals surface area contributed by atoms with Gasteiger partial charge in [-0.3, -0.25) is 4.18 Å². The molecule has 2 rings (SSSR count). The van der Waals surface area contributed by atoms with Crippen molar-refractivity contribution >= 4 is 32.7 Å². The van der Waals surface area contributed by atoms with E-state index in [1.807, 2.05) is 6.92 Å². The molecule has 2 heterocycles. The van der Waals surface area contributed by atoms with Gasteiger partial charge in [0, 0.05) is 6.42 Å². The maximum absolute atomic E-state index is 11.6. The van der Waals surface area contributed by atoms with Crippen molar-refractivity contribution < 1.29 is 26.8 Å². The molecule has 2 unspecified atom stereocenters. The Morgan fingerprint density at radius 3 is 2.52 bits per heavy atom. The van der Waals surface area contributed by atoms with E-state index in [9.17, 15) is 8.42 Å². The predicted octanol–water partition coefficient (Wildman–Crippen LogP) is 4.03. The molecule has 0 bridgehead atoms. The minimum atomic E-state index is -3.48. The quantitative estimate of drug-likeness (QED) is 0.305. The molecule has 0 aromatic heterocycles. The number of hydrogen-bond donors (Lipinski definition) is 0. The molecule has 8 heteroatoms. The van der Waals surface area contributed by atoms with Crippen molar-refractivity contribution in [2.75, 3.05) is 19.5 Å². The second-order valence-electron chi connectivity index (χ2n) is 7.84. The minimum absolute atomic E-state index is 0.0849. The van der Waals surface area contributed by atoms with Gasteiger partial charge in [0.15, 0.2) is 6.29 Å². The van der Waals surface area contributed by atoms with Crippen molar-refractivity contribution in [3.05, 3.63) is 10.2 Å². The van der Waals surface area contributed by atoms with Crippen molar-refractivity contribution in [1.29, 1.82) is 0 Å². The van der Waals surface area contributed by atoms with Crippen LogP contribution >= 0.6 is 22.6 Å². The van der Waals surface area contributed by atoms with Gasteiger partial charge in [0.25, 0.3) is 10.1 Å². The second-order valence-corrected chi connectivity index (χ2v) is 10.8. The first-order chi connectivity index (χ1) is 12.6. The zero-order chi connectivity index (χ0) is 20.0. The Hall–Kier alpha value is 0.260. The lowest BCUT2D eigenvalue weighted by atomic mass is 9.94. The van der Waals surface area contributed by atoms with Crippen LogP contribution in [0.1, 0.15) is 52.4 Å². The van der Waals surface area contributed by atoms with E-state index in [1.165, 1.54) is 0 Å². The summed E-state index contributed by atoms with van der Waals surface area (Å²) in [7, 11) is -3.48. The third-order valence-electron chi connectivity index (χ3n) is 5.29. The molecular weight excluding hydrogens is 483 g/mol. The highest BCUT2D eigenvalue weighted by Crippen LogP contribution is 2.33. The maximum Gasteiger partial charge on any atom is 0.264 e. The Kier molecular flexibility index (Phi) is 9.48. The fourth-order valence-electron chi connectivity index (χ4n) is 3.76. The van der Waals surface area contributed by atoms with E-state index in [1.54, 1.807) is 0 Å². The molecule has 158 valence electrons. The molecule has 5 atom stereocenters. The molecule has 0 aromatic carbocycles. The lowest BCUT2D eigenvalue weighted by Crippen LogP contribution is -2.24. The van der Waals surface area contributed by atoms with Gasteiger partial charge < -0.3 is 14.2 Å². The van der Waals surface area contributed by atoms with Crippen molar-refractivity contribution in [2.45, 2.75) is 77.0 Å². The molecule has 6 nitrogen and oxygen atoms in total. The summed E-state index contributed by atoms with van der Waals surface area (Å²) in [5, 5.41) is 0. The summed E-state index contributed by atoms with van der Waals surface area (Å²) in [6.45, 7) is 9.56. The summed E-state index contributed by atoms with van der Waals surface area (Å²) in [5.74, 6) is 0.662. The molecule has 0 N–H and O–H groups in total. The average Bonchev–Trinajstić information content (AvgIpc) is 3.18. The minimum Gasteiger partial charge on any atom is -0.375 e. The first-order valence-electron chi connectivity index (χ1n) is 9.75. The smallest absolute Gasteiger partial charge is 0.264 e. The molecule has 0 spiro atoms. The molecule has 2 saturated heterocycles. The van der Waals surface area contributed by atoms with Gasteiger partial charge in [0.1, 0.15) is 0 Å². The first-order valence-corrected chi connectivity index (χ1v) is 12.6. The van der Waals surface area contributed by atoms with Gasteiger partial charge in [-0.1, -0.05) is 20.4 Å². The van der Waals surface area contributed by atoms with Crippen LogP contribution in [-0.4, -0.2) is 52.5 Å². The van der Waals surface area contributed by atoms with Gasteiger partial charge in [0.05, 0.1) is 37.8 Å². The monoisotopic (exact) mass is 516 g/mol. The standard InChI is InChI=1S/C19H33IO6S/c1-13(15(3)20)11-17(26-27(4,21)22)5-7-18-14(2)12-16(25-18)6-8-19-23-9-10-24-19/h13-14,16-19H,3,5-12H2,1-2,4H3/t13?,14?,16-,17+,18-/m0/s1. The second kappa shape index (κ2) is 10.9. The molecule has 2 aliphatic rings. The third-order valence-corrected chi connectivity index (χ3v) is 6.97. The molecule has 2 aliphatic heterocycles. The van der Waals surface area contributed by atoms with E-state index in [0.717, 1.165) is 35.5 Å². The SMILES string of the molecule is C=C(I)C(C)C[C@@H](CC[C@@H]1O[C@@H](CCC2OCCO2)CC1C)OS(C)(=O)=O. The average molecular weight is 516 g/mol. The third kappa shape index (κ3) is 8.65. The highest BCUT2D eigenvalue weighted by molar-refractivity contribution is 14.1. The number of halogens is 1. The van der Waals surface area contributed by atoms with Crippen LogP contribution in [0.5, 0.6) is 0 Å². The fourth-order valence-corrected chi connectivity index (χ4v) is 4.69. The first kappa shape index (κ1) is 23.5. The molecule has 2 fully saturated rings. The van der Waals surface area contributed by atoms with Crippen molar-refractivity contribution in [3.8, 4) is 0 Å². The van der Waals surface area contributed by atoms with Gasteiger partial charge >= 0.3 is 0 Å². The summed E-state index contributed by atoms with van der Waals surface area (Å²) < 4.78 is 46.8. The molecule has 0 radical (unpaired) electrons. The molecule has 0 aliphatic carbocycles. The largest absolute Gasteiger partial charge is 0.375 e. The van der Waals surface area contributed by atoms with Gasteiger partial charge in [-0.05, 0) is 70.1 Å². The molecule has 0 saturated carbocycles. The van der Waals surface area contributed by atoms with Crippen LogP contribution in [-0.2, 0) is 28.5 Å². The summed E-state index contributed by atoms with van der Waals surface area (Å²) in [6, 6.07) is 0. The lowest BCUT2D eigenvalue weighted by molar-refractivity contribution is -0.0596. The number of hydrogen-bond acceptors (Lipinski definition) is 6. The van der Waals surface area contributed by atoms with Crippen LogP contribution in [0, 0.1) is 11.8 Å². The number of rotatable bonds is 11. The van der Waals surface area contributed by atoms with Gasteiger partial charge in [-0.25, -0.2) is 0 Å². The van der Waals surface area contributed by atoms with E-state index in [4.69, 9.17) is 18.4 Å². The summed E-state index contributed by atoms with van der Waals surface area (Å²) in [5.41, 5.74) is 0. The van der Waals surface area contributed by atoms with E-state index in [-0.39, 0.29) is 30.5 Å². The normalized spacial score (nSPS) is 29.1. The van der Waals surface area contributed by atoms with E-state index >= 15 is 0 Å². The summed E-state index contributed by atoms with van der Waals surface area (Å²) in [6.07, 6.45) is 5.98. The van der Waals surface area contributed by atoms with E-state index in [2.05, 4.69) is 36.1 Å². The van der Waals surface area contributed by atoms with Crippen LogP contribution in [0.4, 0.5) is 0 Å². The Balaban J connectivity index is 1.80. The zero-order valence-electron chi connectivity index (χ0n) is 16.6. The van der Waals surface area contributed by atoms with Crippen molar-refractivity contribution in [1.82, 2.24) is 0 Å². The highest BCUT2D eigenvalue weighted by atomic mass is 127. The van der Waals surface area contributed by atoms with Crippen molar-refractivity contribution in [2.24, 2.45) is 11.8 Å². The molecule has 0 aromatic rings. The fraction of sp³-hybridized carbons (Fsp3) is 0.895. The Labute approximate surface area is 177 Å². The van der Waals surface area contributed by atoms with Gasteiger partial charge in [0.2, 0.25) is 0 Å². The van der Waals surface area contributed by atoms with Gasteiger partial charge in [-0.2, -0.15) is 8.42 Å².